The molecule has 0 bridgehead atoms. The Morgan fingerprint density at radius 2 is 2.09 bits per heavy atom. The Morgan fingerprint density at radius 1 is 1.55 bits per heavy atom. The van der Waals surface area contributed by atoms with Crippen LogP contribution in [0.3, 0.4) is 0 Å². The Bertz CT molecular complexity index is 126. The van der Waals surface area contributed by atoms with Crippen molar-refractivity contribution in [1.29, 1.82) is 0 Å². The molecule has 0 radical (unpaired) electrons. The first-order valence-electron chi connectivity index (χ1n) is 3.77. The van der Waals surface area contributed by atoms with Crippen LogP contribution in [0.25, 0.3) is 0 Å². The molecular weight excluding hydrogens is 228 g/mol. The Kier molecular flexibility index (Phi) is 3.68. The smallest absolute Gasteiger partial charge is 0.180 e. The van der Waals surface area contributed by atoms with E-state index in [0.717, 1.165) is 11.8 Å². The first kappa shape index (κ1) is 9.84. The van der Waals surface area contributed by atoms with E-state index in [2.05, 4.69) is 35.5 Å². The van der Waals surface area contributed by atoms with E-state index in [0.29, 0.717) is 13.2 Å². The maximum atomic E-state index is 5.51. The zero-order valence-electron chi connectivity index (χ0n) is 6.55. The molecule has 0 spiro atoms. The first-order chi connectivity index (χ1) is 5.25. The number of thiol groups is 1. The molecule has 66 valence electrons. The Labute approximate surface area is 81.2 Å². The van der Waals surface area contributed by atoms with Crippen molar-refractivity contribution in [2.24, 2.45) is 0 Å². The summed E-state index contributed by atoms with van der Waals surface area (Å²) >= 11 is 7.76. The number of halogens is 1. The number of ether oxygens (including phenoxy) is 2. The van der Waals surface area contributed by atoms with Gasteiger partial charge in [0.25, 0.3) is 0 Å². The van der Waals surface area contributed by atoms with E-state index in [1.54, 1.807) is 0 Å². The molecule has 1 aliphatic heterocycles. The fourth-order valence-corrected chi connectivity index (χ4v) is 2.05. The van der Waals surface area contributed by atoms with Gasteiger partial charge in [0.2, 0.25) is 0 Å². The molecule has 0 aromatic rings. The van der Waals surface area contributed by atoms with Crippen LogP contribution in [0.15, 0.2) is 0 Å². The van der Waals surface area contributed by atoms with E-state index >= 15 is 0 Å². The predicted molar refractivity (Wildman–Crippen MR) is 51.5 cm³/mol. The van der Waals surface area contributed by atoms with Gasteiger partial charge in [0.05, 0.1) is 18.5 Å². The lowest BCUT2D eigenvalue weighted by Gasteiger charge is -2.30. The molecule has 0 amide bonds. The summed E-state index contributed by atoms with van der Waals surface area (Å²) in [5.74, 6) is -0.438. The van der Waals surface area contributed by atoms with Gasteiger partial charge in [0.1, 0.15) is 0 Å². The Hall–Kier alpha value is 0.750. The highest BCUT2D eigenvalue weighted by Gasteiger charge is 2.40. The summed E-state index contributed by atoms with van der Waals surface area (Å²) in [5, 5.41) is 0.916. The highest BCUT2D eigenvalue weighted by Crippen LogP contribution is 2.31. The molecule has 4 heteroatoms. The second-order valence-electron chi connectivity index (χ2n) is 2.53. The number of hydrogen-bond donors (Lipinski definition) is 1. The standard InChI is InChI=1S/C7H13BrO2S/c1-2-7(6(11)5-8)9-3-4-10-7/h6,11H,2-5H2,1H3. The number of rotatable bonds is 3. The van der Waals surface area contributed by atoms with Crippen LogP contribution in [-0.2, 0) is 9.47 Å². The zero-order valence-corrected chi connectivity index (χ0v) is 9.03. The Morgan fingerprint density at radius 3 is 2.45 bits per heavy atom. The molecule has 1 heterocycles. The largest absolute Gasteiger partial charge is 0.346 e. The molecule has 1 aliphatic rings. The van der Waals surface area contributed by atoms with Gasteiger partial charge in [-0.25, -0.2) is 0 Å². The summed E-state index contributed by atoms with van der Waals surface area (Å²) in [5.41, 5.74) is 0. The normalized spacial score (nSPS) is 25.4. The van der Waals surface area contributed by atoms with Crippen molar-refractivity contribution in [2.75, 3.05) is 18.5 Å². The molecule has 2 nitrogen and oxygen atoms in total. The minimum absolute atomic E-state index is 0.120. The van der Waals surface area contributed by atoms with Crippen molar-refractivity contribution in [2.45, 2.75) is 24.4 Å². The molecule has 1 saturated heterocycles. The minimum atomic E-state index is -0.438. The zero-order chi connectivity index (χ0) is 8.32. The van der Waals surface area contributed by atoms with Crippen molar-refractivity contribution in [3.63, 3.8) is 0 Å². The molecule has 0 saturated carbocycles. The summed E-state index contributed by atoms with van der Waals surface area (Å²) < 4.78 is 11.0. The van der Waals surface area contributed by atoms with Gasteiger partial charge in [-0.1, -0.05) is 22.9 Å². The van der Waals surface area contributed by atoms with E-state index in [9.17, 15) is 0 Å². The van der Waals surface area contributed by atoms with Crippen LogP contribution in [0, 0.1) is 0 Å². The van der Waals surface area contributed by atoms with Crippen LogP contribution in [0.1, 0.15) is 13.3 Å². The van der Waals surface area contributed by atoms with Gasteiger partial charge in [-0.2, -0.15) is 12.6 Å². The summed E-state index contributed by atoms with van der Waals surface area (Å²) in [6, 6.07) is 0. The van der Waals surface area contributed by atoms with Crippen molar-refractivity contribution < 1.29 is 9.47 Å². The van der Waals surface area contributed by atoms with E-state index in [1.165, 1.54) is 0 Å². The van der Waals surface area contributed by atoms with E-state index in [1.807, 2.05) is 0 Å². The monoisotopic (exact) mass is 240 g/mol. The lowest BCUT2D eigenvalue weighted by atomic mass is 10.1. The van der Waals surface area contributed by atoms with E-state index in [-0.39, 0.29) is 5.25 Å². The van der Waals surface area contributed by atoms with Gasteiger partial charge in [0, 0.05) is 5.33 Å². The topological polar surface area (TPSA) is 18.5 Å². The minimum Gasteiger partial charge on any atom is -0.346 e. The summed E-state index contributed by atoms with van der Waals surface area (Å²) in [7, 11) is 0. The van der Waals surface area contributed by atoms with Gasteiger partial charge in [-0.15, -0.1) is 0 Å². The molecule has 0 aliphatic carbocycles. The van der Waals surface area contributed by atoms with Gasteiger partial charge >= 0.3 is 0 Å². The molecule has 0 aromatic carbocycles. The molecule has 11 heavy (non-hydrogen) atoms. The van der Waals surface area contributed by atoms with Crippen LogP contribution in [0.5, 0.6) is 0 Å². The lowest BCUT2D eigenvalue weighted by Crippen LogP contribution is -2.40. The van der Waals surface area contributed by atoms with Crippen LogP contribution in [-0.4, -0.2) is 29.6 Å². The van der Waals surface area contributed by atoms with Gasteiger partial charge in [-0.3, -0.25) is 0 Å². The van der Waals surface area contributed by atoms with Crippen LogP contribution < -0.4 is 0 Å². The van der Waals surface area contributed by atoms with Crippen molar-refractivity contribution in [1.82, 2.24) is 0 Å². The fourth-order valence-electron chi connectivity index (χ4n) is 1.22. The van der Waals surface area contributed by atoms with Crippen LogP contribution >= 0.6 is 28.6 Å². The van der Waals surface area contributed by atoms with Crippen molar-refractivity contribution >= 4 is 28.6 Å². The average Bonchev–Trinajstić information content (AvgIpc) is 2.52. The SMILES string of the molecule is CCC1(C(S)CBr)OCCO1. The second-order valence-corrected chi connectivity index (χ2v) is 3.80. The summed E-state index contributed by atoms with van der Waals surface area (Å²) in [4.78, 5) is 0. The fraction of sp³-hybridized carbons (Fsp3) is 1.00. The summed E-state index contributed by atoms with van der Waals surface area (Å²) in [6.45, 7) is 3.44. The molecule has 1 fully saturated rings. The number of hydrogen-bond acceptors (Lipinski definition) is 3. The Balaban J connectivity index is 2.58. The molecule has 1 atom stereocenters. The third-order valence-corrected chi connectivity index (χ3v) is 3.65. The molecule has 1 unspecified atom stereocenters. The van der Waals surface area contributed by atoms with Gasteiger partial charge in [0.15, 0.2) is 5.79 Å². The first-order valence-corrected chi connectivity index (χ1v) is 5.41. The second kappa shape index (κ2) is 4.12. The quantitative estimate of drug-likeness (QED) is 0.600. The average molecular weight is 241 g/mol. The highest BCUT2D eigenvalue weighted by molar-refractivity contribution is 9.09. The van der Waals surface area contributed by atoms with Crippen LogP contribution in [0.4, 0.5) is 0 Å². The van der Waals surface area contributed by atoms with Crippen molar-refractivity contribution in [3.8, 4) is 0 Å². The molecular formula is C7H13BrO2S. The lowest BCUT2D eigenvalue weighted by molar-refractivity contribution is -0.154. The maximum Gasteiger partial charge on any atom is 0.180 e. The molecule has 1 rings (SSSR count). The third-order valence-electron chi connectivity index (χ3n) is 1.92. The highest BCUT2D eigenvalue weighted by atomic mass is 79.9. The predicted octanol–water partition coefficient (Wildman–Crippen LogP) is 1.83. The van der Waals surface area contributed by atoms with Gasteiger partial charge in [-0.05, 0) is 6.42 Å². The molecule has 0 N–H and O–H groups in total. The van der Waals surface area contributed by atoms with Crippen LogP contribution in [0.2, 0.25) is 0 Å². The third kappa shape index (κ3) is 1.91. The van der Waals surface area contributed by atoms with E-state index < -0.39 is 5.79 Å². The summed E-state index contributed by atoms with van der Waals surface area (Å²) in [6.07, 6.45) is 0.854. The van der Waals surface area contributed by atoms with Crippen molar-refractivity contribution in [3.05, 3.63) is 0 Å². The number of alkyl halides is 1. The van der Waals surface area contributed by atoms with Gasteiger partial charge < -0.3 is 9.47 Å². The maximum absolute atomic E-state index is 5.51. The van der Waals surface area contributed by atoms with E-state index in [4.69, 9.17) is 9.47 Å². The molecule has 0 aromatic heterocycles.